The maximum atomic E-state index is 13.0. The van der Waals surface area contributed by atoms with Gasteiger partial charge >= 0.3 is 0 Å². The Kier molecular flexibility index (Phi) is 4.63. The first-order chi connectivity index (χ1) is 11.1. The van der Waals surface area contributed by atoms with E-state index in [4.69, 9.17) is 0 Å². The Morgan fingerprint density at radius 2 is 1.96 bits per heavy atom. The molecule has 0 amide bonds. The number of ketones is 1. The molecule has 0 radical (unpaired) electrons. The number of hydrogen-bond acceptors (Lipinski definition) is 4. The molecular weight excluding hydrogens is 376 g/mol. The van der Waals surface area contributed by atoms with Crippen LogP contribution >= 0.6 is 27.7 Å². The summed E-state index contributed by atoms with van der Waals surface area (Å²) in [6.07, 6.45) is 0. The Bertz CT molecular complexity index is 938. The van der Waals surface area contributed by atoms with Crippen molar-refractivity contribution in [3.63, 3.8) is 0 Å². The molecule has 4 nitrogen and oxygen atoms in total. The normalized spacial score (nSPS) is 10.9. The fourth-order valence-electron chi connectivity index (χ4n) is 2.21. The first-order valence-electron chi connectivity index (χ1n) is 6.96. The van der Waals surface area contributed by atoms with E-state index in [1.165, 1.54) is 18.7 Å². The average Bonchev–Trinajstić information content (AvgIpc) is 2.54. The van der Waals surface area contributed by atoms with Crippen LogP contribution in [0.5, 0.6) is 0 Å². The van der Waals surface area contributed by atoms with Crippen molar-refractivity contribution in [3.05, 3.63) is 63.4 Å². The number of fused-ring (bicyclic) bond motifs is 1. The van der Waals surface area contributed by atoms with E-state index in [9.17, 15) is 9.59 Å². The predicted octanol–water partition coefficient (Wildman–Crippen LogP) is 3.83. The zero-order valence-corrected chi connectivity index (χ0v) is 14.7. The van der Waals surface area contributed by atoms with Gasteiger partial charge in [-0.05, 0) is 37.3 Å². The van der Waals surface area contributed by atoms with Crippen molar-refractivity contribution in [3.8, 4) is 5.69 Å². The summed E-state index contributed by atoms with van der Waals surface area (Å²) in [5.41, 5.74) is 1.21. The topological polar surface area (TPSA) is 52.0 Å². The lowest BCUT2D eigenvalue weighted by Crippen LogP contribution is -2.22. The van der Waals surface area contributed by atoms with E-state index >= 15 is 0 Å². The van der Waals surface area contributed by atoms with Gasteiger partial charge in [0.05, 0.1) is 22.3 Å². The molecule has 0 spiro atoms. The van der Waals surface area contributed by atoms with E-state index in [0.717, 1.165) is 10.2 Å². The van der Waals surface area contributed by atoms with Crippen LogP contribution in [0.25, 0.3) is 16.6 Å². The van der Waals surface area contributed by atoms with Gasteiger partial charge in [0.1, 0.15) is 5.78 Å². The molecule has 116 valence electrons. The molecule has 1 aromatic heterocycles. The third-order valence-corrected chi connectivity index (χ3v) is 4.79. The standard InChI is InChI=1S/C17H13BrN2O2S/c1-11(21)10-23-17-19-15-8-7-12(18)9-14(15)16(22)20(17)13-5-3-2-4-6-13/h2-9H,10H2,1H3. The lowest BCUT2D eigenvalue weighted by molar-refractivity contribution is -0.114. The number of thioether (sulfide) groups is 1. The van der Waals surface area contributed by atoms with Crippen LogP contribution in [-0.4, -0.2) is 21.1 Å². The zero-order chi connectivity index (χ0) is 16.4. The summed E-state index contributed by atoms with van der Waals surface area (Å²) in [5, 5.41) is 1.06. The molecule has 0 saturated carbocycles. The number of hydrogen-bond donors (Lipinski definition) is 0. The summed E-state index contributed by atoms with van der Waals surface area (Å²) in [6.45, 7) is 1.52. The van der Waals surface area contributed by atoms with Crippen molar-refractivity contribution in [2.45, 2.75) is 12.1 Å². The molecule has 23 heavy (non-hydrogen) atoms. The third-order valence-electron chi connectivity index (χ3n) is 3.22. The van der Waals surface area contributed by atoms with E-state index in [0.29, 0.717) is 16.1 Å². The molecule has 0 atom stereocenters. The SMILES string of the molecule is CC(=O)CSc1nc2ccc(Br)cc2c(=O)n1-c1ccccc1. The highest BCUT2D eigenvalue weighted by Gasteiger charge is 2.14. The number of para-hydroxylation sites is 1. The summed E-state index contributed by atoms with van der Waals surface area (Å²) in [6, 6.07) is 14.7. The smallest absolute Gasteiger partial charge is 0.266 e. The molecule has 0 N–H and O–H groups in total. The molecule has 3 rings (SSSR count). The number of aromatic nitrogens is 2. The first-order valence-corrected chi connectivity index (χ1v) is 8.74. The highest BCUT2D eigenvalue weighted by Crippen LogP contribution is 2.23. The molecule has 6 heteroatoms. The summed E-state index contributed by atoms with van der Waals surface area (Å²) in [5.74, 6) is 0.321. The van der Waals surface area contributed by atoms with Gasteiger partial charge in [-0.3, -0.25) is 14.2 Å². The van der Waals surface area contributed by atoms with Crippen LogP contribution in [0.3, 0.4) is 0 Å². The highest BCUT2D eigenvalue weighted by atomic mass is 79.9. The molecule has 0 aliphatic heterocycles. The van der Waals surface area contributed by atoms with Crippen molar-refractivity contribution in [1.29, 1.82) is 0 Å². The summed E-state index contributed by atoms with van der Waals surface area (Å²) >= 11 is 4.66. The minimum absolute atomic E-state index is 0.0414. The molecule has 2 aromatic carbocycles. The summed E-state index contributed by atoms with van der Waals surface area (Å²) in [7, 11) is 0. The van der Waals surface area contributed by atoms with Gasteiger partial charge in [-0.15, -0.1) is 0 Å². The van der Waals surface area contributed by atoms with Crippen LogP contribution in [0.4, 0.5) is 0 Å². The molecule has 0 fully saturated rings. The molecule has 0 aliphatic carbocycles. The Morgan fingerprint density at radius 3 is 2.65 bits per heavy atom. The number of carbonyl (C=O) groups is 1. The largest absolute Gasteiger partial charge is 0.299 e. The predicted molar refractivity (Wildman–Crippen MR) is 96.4 cm³/mol. The number of Topliss-reactive ketones (excluding diaryl/α,β-unsaturated/α-hetero) is 1. The van der Waals surface area contributed by atoms with Crippen molar-refractivity contribution in [2.75, 3.05) is 5.75 Å². The van der Waals surface area contributed by atoms with Crippen molar-refractivity contribution in [2.24, 2.45) is 0 Å². The minimum atomic E-state index is -0.145. The number of nitrogens with zero attached hydrogens (tertiary/aromatic N) is 2. The van der Waals surface area contributed by atoms with E-state index in [1.54, 1.807) is 16.7 Å². The first kappa shape index (κ1) is 16.0. The maximum Gasteiger partial charge on any atom is 0.266 e. The minimum Gasteiger partial charge on any atom is -0.299 e. The van der Waals surface area contributed by atoms with Gasteiger partial charge in [-0.1, -0.05) is 45.9 Å². The van der Waals surface area contributed by atoms with Crippen LogP contribution in [0, 0.1) is 0 Å². The Morgan fingerprint density at radius 1 is 1.22 bits per heavy atom. The molecular formula is C17H13BrN2O2S. The van der Waals surface area contributed by atoms with Crippen LogP contribution in [0.1, 0.15) is 6.92 Å². The van der Waals surface area contributed by atoms with Crippen LogP contribution < -0.4 is 5.56 Å². The lowest BCUT2D eigenvalue weighted by Gasteiger charge is -2.12. The van der Waals surface area contributed by atoms with Gasteiger partial charge in [0, 0.05) is 4.47 Å². The van der Waals surface area contributed by atoms with Gasteiger partial charge in [-0.2, -0.15) is 0 Å². The Hall–Kier alpha value is -1.92. The van der Waals surface area contributed by atoms with E-state index in [-0.39, 0.29) is 17.1 Å². The summed E-state index contributed by atoms with van der Waals surface area (Å²) < 4.78 is 2.38. The lowest BCUT2D eigenvalue weighted by atomic mass is 10.2. The molecule has 0 aliphatic rings. The number of benzene rings is 2. The number of carbonyl (C=O) groups excluding carboxylic acids is 1. The zero-order valence-electron chi connectivity index (χ0n) is 12.3. The molecule has 0 unspecified atom stereocenters. The quantitative estimate of drug-likeness (QED) is 0.503. The fraction of sp³-hybridized carbons (Fsp3) is 0.118. The molecule has 1 heterocycles. The van der Waals surface area contributed by atoms with Gasteiger partial charge in [0.25, 0.3) is 5.56 Å². The van der Waals surface area contributed by atoms with Crippen molar-refractivity contribution < 1.29 is 4.79 Å². The van der Waals surface area contributed by atoms with Crippen LogP contribution in [0.2, 0.25) is 0 Å². The summed E-state index contributed by atoms with van der Waals surface area (Å²) in [4.78, 5) is 28.8. The average molecular weight is 389 g/mol. The van der Waals surface area contributed by atoms with Crippen molar-refractivity contribution in [1.82, 2.24) is 9.55 Å². The van der Waals surface area contributed by atoms with Crippen molar-refractivity contribution >= 4 is 44.4 Å². The second-order valence-corrected chi connectivity index (χ2v) is 6.88. The van der Waals surface area contributed by atoms with Crippen LogP contribution in [0.15, 0.2) is 63.0 Å². The molecule has 0 saturated heterocycles. The Balaban J connectivity index is 2.28. The molecule has 3 aromatic rings. The fourth-order valence-corrected chi connectivity index (χ4v) is 3.38. The van der Waals surface area contributed by atoms with Gasteiger partial charge in [-0.25, -0.2) is 4.98 Å². The second-order valence-electron chi connectivity index (χ2n) is 5.02. The Labute approximate surface area is 145 Å². The van der Waals surface area contributed by atoms with Crippen LogP contribution in [-0.2, 0) is 4.79 Å². The number of rotatable bonds is 4. The monoisotopic (exact) mass is 388 g/mol. The third kappa shape index (κ3) is 3.38. The highest BCUT2D eigenvalue weighted by molar-refractivity contribution is 9.10. The maximum absolute atomic E-state index is 13.0. The molecule has 0 bridgehead atoms. The van der Waals surface area contributed by atoms with E-state index < -0.39 is 0 Å². The number of halogens is 1. The second kappa shape index (κ2) is 6.68. The van der Waals surface area contributed by atoms with E-state index in [1.807, 2.05) is 36.4 Å². The van der Waals surface area contributed by atoms with Gasteiger partial charge in [0.15, 0.2) is 5.16 Å². The van der Waals surface area contributed by atoms with Gasteiger partial charge in [0.2, 0.25) is 0 Å². The van der Waals surface area contributed by atoms with Gasteiger partial charge < -0.3 is 0 Å². The van der Waals surface area contributed by atoms with E-state index in [2.05, 4.69) is 20.9 Å².